The van der Waals surface area contributed by atoms with Crippen LogP contribution in [-0.4, -0.2) is 29.9 Å². The summed E-state index contributed by atoms with van der Waals surface area (Å²) in [4.78, 5) is 27.2. The molecule has 2 heterocycles. The Morgan fingerprint density at radius 2 is 0.358 bits per heavy atom. The molecule has 12 nitrogen and oxygen atoms in total. The minimum absolute atomic E-state index is 0.00146. The molecule has 0 unspecified atom stereocenters. The van der Waals surface area contributed by atoms with E-state index >= 15 is 0 Å². The first-order valence-corrected chi connectivity index (χ1v) is 26.2. The van der Waals surface area contributed by atoms with Gasteiger partial charge < -0.3 is 28.4 Å². The van der Waals surface area contributed by atoms with Crippen LogP contribution in [0, 0.1) is 0 Å². The van der Waals surface area contributed by atoms with Gasteiger partial charge >= 0.3 is 36.1 Å². The number of nitrogens with zero attached hydrogens (tertiary/aromatic N) is 6. The van der Waals surface area contributed by atoms with E-state index in [-0.39, 0.29) is 36.1 Å². The monoisotopic (exact) mass is 1060 g/mol. The fraction of sp³-hybridized carbons (Fsp3) is 0.0435. The summed E-state index contributed by atoms with van der Waals surface area (Å²) in [6, 6.07) is 86.8. The predicted molar refractivity (Wildman–Crippen MR) is 313 cm³/mol. The zero-order chi connectivity index (χ0) is 54.8. The van der Waals surface area contributed by atoms with E-state index in [0.717, 1.165) is 55.6 Å². The van der Waals surface area contributed by atoms with Crippen molar-refractivity contribution < 1.29 is 28.4 Å². The fourth-order valence-electron chi connectivity index (χ4n) is 8.98. The van der Waals surface area contributed by atoms with Gasteiger partial charge in [0.2, 0.25) is 0 Å². The summed E-state index contributed by atoms with van der Waals surface area (Å²) in [6.07, 6.45) is 0. The van der Waals surface area contributed by atoms with Gasteiger partial charge in [0.1, 0.15) is 34.5 Å². The van der Waals surface area contributed by atoms with Gasteiger partial charge in [0.05, 0.1) is 0 Å². The molecular formula is C69H50N6O6. The van der Waals surface area contributed by atoms with Crippen molar-refractivity contribution in [1.82, 2.24) is 29.9 Å². The van der Waals surface area contributed by atoms with E-state index in [2.05, 4.69) is 92.3 Å². The summed E-state index contributed by atoms with van der Waals surface area (Å²) < 4.78 is 37.3. The quantitative estimate of drug-likeness (QED) is 0.0810. The maximum Gasteiger partial charge on any atom is 0.331 e. The van der Waals surface area contributed by atoms with E-state index in [9.17, 15) is 0 Å². The third-order valence-corrected chi connectivity index (χ3v) is 13.4. The maximum atomic E-state index is 6.29. The van der Waals surface area contributed by atoms with Gasteiger partial charge in [-0.2, -0.15) is 0 Å². The van der Waals surface area contributed by atoms with Crippen molar-refractivity contribution in [2.45, 2.75) is 19.3 Å². The third-order valence-electron chi connectivity index (χ3n) is 13.4. The Balaban J connectivity index is 0.753. The van der Waals surface area contributed by atoms with Gasteiger partial charge in [-0.3, -0.25) is 0 Å². The summed E-state index contributed by atoms with van der Waals surface area (Å²) >= 11 is 0. The Kier molecular flexibility index (Phi) is 14.6. The van der Waals surface area contributed by atoms with E-state index in [1.807, 2.05) is 218 Å². The molecule has 0 N–H and O–H groups in total. The highest BCUT2D eigenvalue weighted by Gasteiger charge is 2.24. The Labute approximate surface area is 468 Å². The summed E-state index contributed by atoms with van der Waals surface area (Å²) in [5.41, 5.74) is 10.2. The summed E-state index contributed by atoms with van der Waals surface area (Å²) in [7, 11) is 0. The van der Waals surface area contributed by atoms with Gasteiger partial charge in [0.15, 0.2) is 0 Å². The lowest BCUT2D eigenvalue weighted by atomic mass is 9.78. The molecule has 0 atom stereocenters. The first kappa shape index (κ1) is 50.8. The number of rotatable bonds is 18. The molecule has 0 aliphatic carbocycles. The Hall–Kier alpha value is -11.0. The molecule has 12 aromatic rings. The van der Waals surface area contributed by atoms with Crippen molar-refractivity contribution in [2.75, 3.05) is 0 Å². The highest BCUT2D eigenvalue weighted by Crippen LogP contribution is 2.37. The molecule has 0 aliphatic heterocycles. The van der Waals surface area contributed by atoms with E-state index in [1.165, 1.54) is 0 Å². The fourth-order valence-corrected chi connectivity index (χ4v) is 8.98. The standard InChI is InChI=1S/C69H50N6O6/c1-69(2,55-31-43-61(44-32-55)80-67-72-63(76-57-35-23-51(24-36-57)47-15-7-3-8-16-47)70-64(73-67)77-58-37-25-52(26-38-58)48-17-9-4-10-18-48)56-33-45-62(46-34-56)81-68-74-65(78-59-39-27-53(28-40-59)49-19-11-5-12-20-49)71-66(75-68)79-60-41-29-54(30-42-60)50-21-13-6-14-22-50/h3-46H,1-2H3. The number of ether oxygens (including phenoxy) is 6. The maximum absolute atomic E-state index is 6.29. The Morgan fingerprint density at radius 1 is 0.198 bits per heavy atom. The second-order valence-electron chi connectivity index (χ2n) is 19.2. The topological polar surface area (TPSA) is 133 Å². The van der Waals surface area contributed by atoms with Crippen LogP contribution in [0.2, 0.25) is 0 Å². The molecule has 0 saturated heterocycles. The van der Waals surface area contributed by atoms with Crippen LogP contribution in [0.25, 0.3) is 44.5 Å². The SMILES string of the molecule is CC(C)(c1ccc(Oc2nc(Oc3ccc(-c4ccccc4)cc3)nc(Oc3ccc(-c4ccccc4)cc3)n2)cc1)c1ccc(Oc2nc(Oc3ccc(-c4ccccc4)cc3)nc(Oc3ccc(-c4ccccc4)cc3)n2)cc1. The highest BCUT2D eigenvalue weighted by molar-refractivity contribution is 5.67. The number of aromatic nitrogens is 6. The van der Waals surface area contributed by atoms with E-state index in [1.54, 1.807) is 0 Å². The summed E-state index contributed by atoms with van der Waals surface area (Å²) in [6.45, 7) is 4.30. The molecule has 0 spiro atoms. The van der Waals surface area contributed by atoms with Gasteiger partial charge in [-0.15, -0.1) is 29.9 Å². The van der Waals surface area contributed by atoms with E-state index in [4.69, 9.17) is 28.4 Å². The van der Waals surface area contributed by atoms with Crippen molar-refractivity contribution >= 4 is 0 Å². The molecule has 0 radical (unpaired) electrons. The molecule has 0 bridgehead atoms. The van der Waals surface area contributed by atoms with Crippen molar-refractivity contribution in [1.29, 1.82) is 0 Å². The smallest absolute Gasteiger partial charge is 0.331 e. The van der Waals surface area contributed by atoms with Crippen molar-refractivity contribution in [3.63, 3.8) is 0 Å². The zero-order valence-electron chi connectivity index (χ0n) is 44.0. The van der Waals surface area contributed by atoms with Crippen molar-refractivity contribution in [3.8, 4) is 115 Å². The molecule has 12 heteroatoms. The average Bonchev–Trinajstić information content (AvgIpc) is 3.57. The predicted octanol–water partition coefficient (Wildman–Crippen LogP) is 17.8. The summed E-state index contributed by atoms with van der Waals surface area (Å²) in [5.74, 6) is 3.12. The molecule has 0 aliphatic rings. The third kappa shape index (κ3) is 12.6. The van der Waals surface area contributed by atoms with Crippen LogP contribution >= 0.6 is 0 Å². The molecule has 10 aromatic carbocycles. The number of hydrogen-bond donors (Lipinski definition) is 0. The van der Waals surface area contributed by atoms with Crippen molar-refractivity contribution in [3.05, 3.63) is 278 Å². The molecular weight excluding hydrogens is 1010 g/mol. The van der Waals surface area contributed by atoms with Crippen LogP contribution < -0.4 is 28.4 Å². The number of hydrogen-bond acceptors (Lipinski definition) is 12. The van der Waals surface area contributed by atoms with E-state index < -0.39 is 5.41 Å². The van der Waals surface area contributed by atoms with Gasteiger partial charge in [0.25, 0.3) is 0 Å². The average molecular weight is 1060 g/mol. The number of benzene rings is 10. The first-order valence-electron chi connectivity index (χ1n) is 26.2. The summed E-state index contributed by atoms with van der Waals surface area (Å²) in [5, 5.41) is 0. The Morgan fingerprint density at radius 3 is 0.543 bits per heavy atom. The molecule has 0 amide bonds. The molecule has 392 valence electrons. The van der Waals surface area contributed by atoms with Gasteiger partial charge in [-0.05, 0) is 128 Å². The van der Waals surface area contributed by atoms with Crippen LogP contribution in [0.15, 0.2) is 267 Å². The molecule has 0 fully saturated rings. The lowest BCUT2D eigenvalue weighted by Gasteiger charge is -2.26. The van der Waals surface area contributed by atoms with Gasteiger partial charge in [-0.25, -0.2) is 0 Å². The largest absolute Gasteiger partial charge is 0.424 e. The lowest BCUT2D eigenvalue weighted by Crippen LogP contribution is -2.18. The van der Waals surface area contributed by atoms with Gasteiger partial charge in [0, 0.05) is 5.41 Å². The molecule has 0 saturated carbocycles. The lowest BCUT2D eigenvalue weighted by molar-refractivity contribution is 0.361. The Bertz CT molecular complexity index is 3540. The van der Waals surface area contributed by atoms with Crippen LogP contribution in [0.5, 0.6) is 70.6 Å². The minimum atomic E-state index is -0.445. The van der Waals surface area contributed by atoms with E-state index in [0.29, 0.717) is 34.5 Å². The second-order valence-corrected chi connectivity index (χ2v) is 19.2. The van der Waals surface area contributed by atoms with Crippen LogP contribution in [-0.2, 0) is 5.41 Å². The van der Waals surface area contributed by atoms with Crippen LogP contribution in [0.1, 0.15) is 25.0 Å². The zero-order valence-corrected chi connectivity index (χ0v) is 44.0. The van der Waals surface area contributed by atoms with Gasteiger partial charge in [-0.1, -0.05) is 208 Å². The molecule has 2 aromatic heterocycles. The van der Waals surface area contributed by atoms with Crippen LogP contribution in [0.4, 0.5) is 0 Å². The van der Waals surface area contributed by atoms with Crippen LogP contribution in [0.3, 0.4) is 0 Å². The highest BCUT2D eigenvalue weighted by atomic mass is 16.5. The first-order chi connectivity index (χ1) is 39.8. The molecule has 81 heavy (non-hydrogen) atoms. The normalized spacial score (nSPS) is 11.1. The second kappa shape index (κ2) is 23.3. The van der Waals surface area contributed by atoms with Crippen molar-refractivity contribution in [2.24, 2.45) is 0 Å². The molecule has 12 rings (SSSR count). The minimum Gasteiger partial charge on any atom is -0.424 e.